The molecule has 0 spiro atoms. The molecular weight excluding hydrogens is 347 g/mol. The van der Waals surface area contributed by atoms with Gasteiger partial charge in [0.15, 0.2) is 0 Å². The van der Waals surface area contributed by atoms with Gasteiger partial charge in [-0.1, -0.05) is 56.3 Å². The molecule has 0 amide bonds. The van der Waals surface area contributed by atoms with E-state index in [1.165, 1.54) is 20.3 Å². The van der Waals surface area contributed by atoms with Crippen molar-refractivity contribution in [3.8, 4) is 0 Å². The smallest absolute Gasteiger partial charge is 0.0720 e. The maximum absolute atomic E-state index is 5.75. The second-order valence-electron chi connectivity index (χ2n) is 4.94. The van der Waals surface area contributed by atoms with Gasteiger partial charge < -0.3 is 0 Å². The minimum Gasteiger partial charge on any atom is -0.271 e. The minimum absolute atomic E-state index is 0.0364. The largest absolute Gasteiger partial charge is 0.271 e. The van der Waals surface area contributed by atoms with Crippen LogP contribution in [0.2, 0.25) is 0 Å². The highest BCUT2D eigenvalue weighted by atomic mass is 127. The summed E-state index contributed by atoms with van der Waals surface area (Å²) in [5.74, 6) is 6.30. The summed E-state index contributed by atoms with van der Waals surface area (Å²) in [7, 11) is 0. The number of hydrogen-bond donors (Lipinski definition) is 2. The van der Waals surface area contributed by atoms with Crippen LogP contribution in [0.25, 0.3) is 0 Å². The van der Waals surface area contributed by atoms with Crippen molar-refractivity contribution in [3.05, 3.63) is 68.8 Å². The predicted molar refractivity (Wildman–Crippen MR) is 88.9 cm³/mol. The third-order valence-electron chi connectivity index (χ3n) is 3.32. The topological polar surface area (TPSA) is 38.0 Å². The van der Waals surface area contributed by atoms with Gasteiger partial charge in [-0.15, -0.1) is 0 Å². The molecule has 3 N–H and O–H groups in total. The summed E-state index contributed by atoms with van der Waals surface area (Å²) >= 11 is 2.35. The van der Waals surface area contributed by atoms with E-state index < -0.39 is 0 Å². The molecular formula is C16H19IN2. The highest BCUT2D eigenvalue weighted by molar-refractivity contribution is 14.1. The van der Waals surface area contributed by atoms with Gasteiger partial charge in [0, 0.05) is 3.57 Å². The lowest BCUT2D eigenvalue weighted by molar-refractivity contribution is 0.634. The fourth-order valence-corrected chi connectivity index (χ4v) is 2.85. The van der Waals surface area contributed by atoms with Crippen molar-refractivity contribution in [2.45, 2.75) is 25.8 Å². The second kappa shape index (κ2) is 6.50. The van der Waals surface area contributed by atoms with Crippen LogP contribution in [0.1, 0.15) is 42.5 Å². The summed E-state index contributed by atoms with van der Waals surface area (Å²) in [6.07, 6.45) is 0. The van der Waals surface area contributed by atoms with E-state index in [1.807, 2.05) is 12.1 Å². The monoisotopic (exact) mass is 366 g/mol. The van der Waals surface area contributed by atoms with Crippen LogP contribution >= 0.6 is 22.6 Å². The van der Waals surface area contributed by atoms with Gasteiger partial charge in [0.1, 0.15) is 0 Å². The summed E-state index contributed by atoms with van der Waals surface area (Å²) in [5, 5.41) is 0. The summed E-state index contributed by atoms with van der Waals surface area (Å²) in [5.41, 5.74) is 6.67. The van der Waals surface area contributed by atoms with Crippen molar-refractivity contribution in [2.24, 2.45) is 5.84 Å². The Kier molecular flexibility index (Phi) is 4.96. The molecule has 2 aromatic carbocycles. The lowest BCUT2D eigenvalue weighted by atomic mass is 9.96. The van der Waals surface area contributed by atoms with Gasteiger partial charge in [-0.2, -0.15) is 0 Å². The molecule has 2 nitrogen and oxygen atoms in total. The van der Waals surface area contributed by atoms with E-state index in [2.05, 4.69) is 78.3 Å². The zero-order chi connectivity index (χ0) is 13.8. The van der Waals surface area contributed by atoms with Gasteiger partial charge in [0.2, 0.25) is 0 Å². The highest BCUT2D eigenvalue weighted by Crippen LogP contribution is 2.26. The molecule has 19 heavy (non-hydrogen) atoms. The van der Waals surface area contributed by atoms with Crippen molar-refractivity contribution in [2.75, 3.05) is 0 Å². The van der Waals surface area contributed by atoms with Crippen LogP contribution in [0.15, 0.2) is 48.5 Å². The lowest BCUT2D eigenvalue weighted by Gasteiger charge is -2.19. The first-order valence-electron chi connectivity index (χ1n) is 6.44. The van der Waals surface area contributed by atoms with Crippen LogP contribution in [-0.2, 0) is 0 Å². The average molecular weight is 366 g/mol. The molecule has 0 aromatic heterocycles. The minimum atomic E-state index is 0.0364. The Labute approximate surface area is 128 Å². The summed E-state index contributed by atoms with van der Waals surface area (Å²) < 4.78 is 1.22. The molecule has 2 aromatic rings. The predicted octanol–water partition coefficient (Wildman–Crippen LogP) is 3.97. The molecule has 0 aliphatic carbocycles. The van der Waals surface area contributed by atoms with Crippen molar-refractivity contribution in [3.63, 3.8) is 0 Å². The number of hydrazine groups is 1. The molecule has 1 atom stereocenters. The molecule has 100 valence electrons. The van der Waals surface area contributed by atoms with E-state index in [1.54, 1.807) is 0 Å². The van der Waals surface area contributed by atoms with Gasteiger partial charge in [-0.25, -0.2) is 5.43 Å². The normalized spacial score (nSPS) is 12.7. The van der Waals surface area contributed by atoms with Crippen LogP contribution < -0.4 is 11.3 Å². The third-order valence-corrected chi connectivity index (χ3v) is 4.30. The number of nitrogens with one attached hydrogen (secondary N) is 1. The Morgan fingerprint density at radius 1 is 0.947 bits per heavy atom. The Bertz CT molecular complexity index is 535. The van der Waals surface area contributed by atoms with Crippen LogP contribution in [0.4, 0.5) is 0 Å². The van der Waals surface area contributed by atoms with Gasteiger partial charge in [0.25, 0.3) is 0 Å². The Balaban J connectivity index is 2.35. The van der Waals surface area contributed by atoms with E-state index in [0.29, 0.717) is 5.92 Å². The van der Waals surface area contributed by atoms with Gasteiger partial charge in [0.05, 0.1) is 6.04 Å². The Morgan fingerprint density at radius 3 is 2.05 bits per heavy atom. The molecule has 0 aliphatic rings. The summed E-state index contributed by atoms with van der Waals surface area (Å²) in [4.78, 5) is 0. The van der Waals surface area contributed by atoms with Crippen molar-refractivity contribution < 1.29 is 0 Å². The molecule has 0 heterocycles. The molecule has 1 unspecified atom stereocenters. The van der Waals surface area contributed by atoms with Gasteiger partial charge >= 0.3 is 0 Å². The van der Waals surface area contributed by atoms with Crippen molar-refractivity contribution in [1.82, 2.24) is 5.43 Å². The van der Waals surface area contributed by atoms with Crippen molar-refractivity contribution >= 4 is 22.6 Å². The number of nitrogens with two attached hydrogens (primary N) is 1. The van der Waals surface area contributed by atoms with Gasteiger partial charge in [-0.05, 0) is 51.3 Å². The lowest BCUT2D eigenvalue weighted by Crippen LogP contribution is -2.29. The fraction of sp³-hybridized carbons (Fsp3) is 0.250. The molecule has 3 heteroatoms. The highest BCUT2D eigenvalue weighted by Gasteiger charge is 2.14. The molecule has 0 aliphatic heterocycles. The Morgan fingerprint density at radius 2 is 1.53 bits per heavy atom. The first-order valence-corrected chi connectivity index (χ1v) is 7.51. The average Bonchev–Trinajstić information content (AvgIpc) is 2.42. The molecule has 0 radical (unpaired) electrons. The van der Waals surface area contributed by atoms with E-state index in [0.717, 1.165) is 0 Å². The standard InChI is InChI=1S/C16H19IN2/c1-11(2)12-7-9-13(10-8-12)16(19-18)14-5-3-4-6-15(14)17/h3-11,16,19H,18H2,1-2H3. The SMILES string of the molecule is CC(C)c1ccc(C(NN)c2ccccc2I)cc1. The summed E-state index contributed by atoms with van der Waals surface area (Å²) in [6, 6.07) is 17.0. The Hall–Kier alpha value is -0.910. The van der Waals surface area contributed by atoms with E-state index in [4.69, 9.17) is 5.84 Å². The number of benzene rings is 2. The number of rotatable bonds is 4. The van der Waals surface area contributed by atoms with Crippen LogP contribution in [0, 0.1) is 3.57 Å². The zero-order valence-corrected chi connectivity index (χ0v) is 13.4. The quantitative estimate of drug-likeness (QED) is 0.488. The maximum Gasteiger partial charge on any atom is 0.0720 e. The van der Waals surface area contributed by atoms with Crippen LogP contribution in [0.3, 0.4) is 0 Å². The van der Waals surface area contributed by atoms with Crippen molar-refractivity contribution in [1.29, 1.82) is 0 Å². The maximum atomic E-state index is 5.75. The van der Waals surface area contributed by atoms with Gasteiger partial charge in [-0.3, -0.25) is 5.84 Å². The third kappa shape index (κ3) is 3.35. The van der Waals surface area contributed by atoms with E-state index in [-0.39, 0.29) is 6.04 Å². The van der Waals surface area contributed by atoms with Crippen LogP contribution in [0.5, 0.6) is 0 Å². The fourth-order valence-electron chi connectivity index (χ4n) is 2.15. The molecule has 0 fully saturated rings. The first-order chi connectivity index (χ1) is 9.13. The van der Waals surface area contributed by atoms with E-state index in [9.17, 15) is 0 Å². The zero-order valence-electron chi connectivity index (χ0n) is 11.2. The molecule has 2 rings (SSSR count). The molecule has 0 saturated carbocycles. The second-order valence-corrected chi connectivity index (χ2v) is 6.10. The summed E-state index contributed by atoms with van der Waals surface area (Å²) in [6.45, 7) is 4.40. The molecule has 0 bridgehead atoms. The number of hydrogen-bond acceptors (Lipinski definition) is 2. The number of halogens is 1. The van der Waals surface area contributed by atoms with E-state index >= 15 is 0 Å². The first kappa shape index (κ1) is 14.5. The molecule has 0 saturated heterocycles. The van der Waals surface area contributed by atoms with Crippen LogP contribution in [-0.4, -0.2) is 0 Å².